The summed E-state index contributed by atoms with van der Waals surface area (Å²) in [7, 11) is 0. The normalized spacial score (nSPS) is 14.8. The summed E-state index contributed by atoms with van der Waals surface area (Å²) in [6.45, 7) is 7.57. The molecular weight excluding hydrogens is 400 g/mol. The number of hydrazine groups is 1. The largest absolute Gasteiger partial charge is 0.487 e. The maximum absolute atomic E-state index is 12.5. The minimum Gasteiger partial charge on any atom is -0.487 e. The van der Waals surface area contributed by atoms with Crippen LogP contribution < -0.4 is 16.0 Å². The number of carbonyl (C=O) groups is 1. The molecule has 0 atom stereocenters. The number of hydrogen-bond donors (Lipinski definition) is 2. The van der Waals surface area contributed by atoms with Gasteiger partial charge in [0.25, 0.3) is 0 Å². The maximum atomic E-state index is 12.5. The Bertz CT molecular complexity index is 826. The van der Waals surface area contributed by atoms with E-state index in [1.807, 2.05) is 47.9 Å². The van der Waals surface area contributed by atoms with E-state index < -0.39 is 0 Å². The third kappa shape index (κ3) is 5.70. The van der Waals surface area contributed by atoms with Crippen molar-refractivity contribution in [2.75, 3.05) is 26.2 Å². The zero-order valence-electron chi connectivity index (χ0n) is 17.6. The van der Waals surface area contributed by atoms with Crippen molar-refractivity contribution < 1.29 is 9.53 Å². The molecule has 3 N–H and O–H groups in total. The number of ether oxygens (including phenoxy) is 1. The van der Waals surface area contributed by atoms with Crippen LogP contribution in [0, 0.1) is 0 Å². The Kier molecular flexibility index (Phi) is 8.04. The molecule has 2 aromatic rings. The van der Waals surface area contributed by atoms with Crippen LogP contribution in [0.3, 0.4) is 0 Å². The van der Waals surface area contributed by atoms with Crippen LogP contribution in [0.25, 0.3) is 0 Å². The Morgan fingerprint density at radius 2 is 2.03 bits per heavy atom. The molecule has 0 saturated carbocycles. The minimum absolute atomic E-state index is 0.155. The summed E-state index contributed by atoms with van der Waals surface area (Å²) in [6.07, 6.45) is 3.34. The highest BCUT2D eigenvalue weighted by Gasteiger charge is 2.27. The number of benzene rings is 1. The molecule has 1 aromatic heterocycles. The Morgan fingerprint density at radius 3 is 2.67 bits per heavy atom. The van der Waals surface area contributed by atoms with E-state index in [0.717, 1.165) is 61.2 Å². The Labute approximate surface area is 181 Å². The van der Waals surface area contributed by atoms with E-state index in [1.165, 1.54) is 6.34 Å². The van der Waals surface area contributed by atoms with Gasteiger partial charge in [-0.2, -0.15) is 0 Å². The van der Waals surface area contributed by atoms with Crippen molar-refractivity contribution in [2.45, 2.75) is 39.2 Å². The molecule has 9 heteroatoms. The number of likely N-dealkylation sites (tertiary alicyclic amines) is 1. The highest BCUT2D eigenvalue weighted by atomic mass is 32.1. The lowest BCUT2D eigenvalue weighted by Gasteiger charge is -2.34. The van der Waals surface area contributed by atoms with Gasteiger partial charge in [0.2, 0.25) is 0 Å². The molecule has 0 unspecified atom stereocenters. The van der Waals surface area contributed by atoms with Crippen LogP contribution in [-0.2, 0) is 6.61 Å². The number of rotatable bonds is 8. The first kappa shape index (κ1) is 22.0. The molecule has 1 aliphatic heterocycles. The molecule has 2 amide bonds. The van der Waals surface area contributed by atoms with Crippen molar-refractivity contribution >= 4 is 29.4 Å². The van der Waals surface area contributed by atoms with Gasteiger partial charge in [0, 0.05) is 37.5 Å². The predicted molar refractivity (Wildman–Crippen MR) is 120 cm³/mol. The molecule has 30 heavy (non-hydrogen) atoms. The molecule has 3 rings (SSSR count). The first-order valence-electron chi connectivity index (χ1n) is 10.3. The standard InChI is InChI=1S/C21H30N6O2S/c1-3-26(4-2)21(28)27-11-9-16(10-12-27)20-25-18(14-30-20)13-29-19-7-5-17(6-8-19)23-15-24-22/h5-8,14-16H,3-4,9-13,22H2,1-2H3,(H,23,24). The topological polar surface area (TPSA) is 96.1 Å². The molecule has 0 aliphatic carbocycles. The average Bonchev–Trinajstić information content (AvgIpc) is 3.27. The Hall–Kier alpha value is -2.65. The maximum Gasteiger partial charge on any atom is 0.319 e. The van der Waals surface area contributed by atoms with Crippen LogP contribution in [0.4, 0.5) is 10.5 Å². The van der Waals surface area contributed by atoms with Crippen LogP contribution in [-0.4, -0.2) is 53.3 Å². The van der Waals surface area contributed by atoms with Gasteiger partial charge in [-0.15, -0.1) is 11.3 Å². The van der Waals surface area contributed by atoms with Gasteiger partial charge in [-0.25, -0.2) is 20.6 Å². The zero-order chi connectivity index (χ0) is 21.3. The van der Waals surface area contributed by atoms with E-state index in [0.29, 0.717) is 12.5 Å². The first-order valence-corrected chi connectivity index (χ1v) is 11.2. The van der Waals surface area contributed by atoms with Gasteiger partial charge in [-0.3, -0.25) is 0 Å². The van der Waals surface area contributed by atoms with Crippen molar-refractivity contribution in [1.29, 1.82) is 0 Å². The quantitative estimate of drug-likeness (QED) is 0.289. The summed E-state index contributed by atoms with van der Waals surface area (Å²) in [5.74, 6) is 6.35. The van der Waals surface area contributed by atoms with Crippen LogP contribution in [0.15, 0.2) is 34.6 Å². The molecule has 1 fully saturated rings. The van der Waals surface area contributed by atoms with E-state index in [2.05, 4.69) is 15.8 Å². The van der Waals surface area contributed by atoms with Crippen molar-refractivity contribution in [1.82, 2.24) is 20.2 Å². The number of carbonyl (C=O) groups excluding carboxylic acids is 1. The summed E-state index contributed by atoms with van der Waals surface area (Å²) >= 11 is 1.68. The van der Waals surface area contributed by atoms with Gasteiger partial charge < -0.3 is 20.0 Å². The average molecular weight is 431 g/mol. The minimum atomic E-state index is 0.155. The van der Waals surface area contributed by atoms with Gasteiger partial charge in [0.05, 0.1) is 16.4 Å². The summed E-state index contributed by atoms with van der Waals surface area (Å²) < 4.78 is 5.85. The van der Waals surface area contributed by atoms with Crippen molar-refractivity contribution in [2.24, 2.45) is 10.8 Å². The number of piperidine rings is 1. The van der Waals surface area contributed by atoms with Crippen LogP contribution in [0.2, 0.25) is 0 Å². The lowest BCUT2D eigenvalue weighted by Crippen LogP contribution is -2.46. The molecule has 0 bridgehead atoms. The van der Waals surface area contributed by atoms with Crippen molar-refractivity contribution in [3.8, 4) is 5.75 Å². The summed E-state index contributed by atoms with van der Waals surface area (Å²) in [5, 5.41) is 3.21. The number of aromatic nitrogens is 1. The van der Waals surface area contributed by atoms with E-state index in [4.69, 9.17) is 15.6 Å². The van der Waals surface area contributed by atoms with Gasteiger partial charge in [0.15, 0.2) is 0 Å². The number of aliphatic imine (C=N–C) groups is 1. The van der Waals surface area contributed by atoms with Crippen molar-refractivity contribution in [3.05, 3.63) is 40.3 Å². The van der Waals surface area contributed by atoms with E-state index >= 15 is 0 Å². The summed E-state index contributed by atoms with van der Waals surface area (Å²) in [6, 6.07) is 7.63. The fourth-order valence-corrected chi connectivity index (χ4v) is 4.46. The molecule has 1 aliphatic rings. The number of thiazole rings is 1. The first-order chi connectivity index (χ1) is 14.6. The molecule has 2 heterocycles. The molecule has 0 spiro atoms. The van der Waals surface area contributed by atoms with Crippen LogP contribution >= 0.6 is 11.3 Å². The fourth-order valence-electron chi connectivity index (χ4n) is 3.49. The smallest absolute Gasteiger partial charge is 0.319 e. The van der Waals surface area contributed by atoms with E-state index in [1.54, 1.807) is 11.3 Å². The predicted octanol–water partition coefficient (Wildman–Crippen LogP) is 3.49. The summed E-state index contributed by atoms with van der Waals surface area (Å²) in [4.78, 5) is 25.3. The second-order valence-corrected chi connectivity index (χ2v) is 7.99. The molecule has 1 aromatic carbocycles. The highest BCUT2D eigenvalue weighted by molar-refractivity contribution is 7.09. The van der Waals surface area contributed by atoms with Gasteiger partial charge in [0.1, 0.15) is 18.7 Å². The molecule has 8 nitrogen and oxygen atoms in total. The lowest BCUT2D eigenvalue weighted by atomic mass is 9.98. The number of nitrogens with two attached hydrogens (primary N) is 1. The second-order valence-electron chi connectivity index (χ2n) is 7.10. The lowest BCUT2D eigenvalue weighted by molar-refractivity contribution is 0.144. The second kappa shape index (κ2) is 10.9. The third-order valence-electron chi connectivity index (χ3n) is 5.23. The van der Waals surface area contributed by atoms with E-state index in [9.17, 15) is 4.79 Å². The van der Waals surface area contributed by atoms with Crippen LogP contribution in [0.1, 0.15) is 43.3 Å². The van der Waals surface area contributed by atoms with Gasteiger partial charge in [-0.05, 0) is 51.0 Å². The highest BCUT2D eigenvalue weighted by Crippen LogP contribution is 2.31. The molecule has 0 radical (unpaired) electrons. The molecular formula is C21H30N6O2S. The SMILES string of the molecule is CCN(CC)C(=O)N1CCC(c2nc(COc3ccc(N=CNN)cc3)cs2)CC1. The fraction of sp³-hybridized carbons (Fsp3) is 0.476. The Morgan fingerprint density at radius 1 is 1.33 bits per heavy atom. The number of hydrogen-bond acceptors (Lipinski definition) is 6. The van der Waals surface area contributed by atoms with Crippen LogP contribution in [0.5, 0.6) is 5.75 Å². The zero-order valence-corrected chi connectivity index (χ0v) is 18.4. The summed E-state index contributed by atoms with van der Waals surface area (Å²) in [5.41, 5.74) is 4.10. The monoisotopic (exact) mass is 430 g/mol. The van der Waals surface area contributed by atoms with Gasteiger partial charge in [-0.1, -0.05) is 0 Å². The Balaban J connectivity index is 1.48. The van der Waals surface area contributed by atoms with E-state index in [-0.39, 0.29) is 6.03 Å². The third-order valence-corrected chi connectivity index (χ3v) is 6.29. The molecule has 1 saturated heterocycles. The number of nitrogens with one attached hydrogen (secondary N) is 1. The van der Waals surface area contributed by atoms with Crippen molar-refractivity contribution in [3.63, 3.8) is 0 Å². The number of amides is 2. The number of urea groups is 1. The number of nitrogens with zero attached hydrogens (tertiary/aromatic N) is 4. The van der Waals surface area contributed by atoms with Gasteiger partial charge >= 0.3 is 6.03 Å². The molecule has 162 valence electrons.